The first-order valence-corrected chi connectivity index (χ1v) is 11.5. The Kier molecular flexibility index (Phi) is 5.14. The molecule has 1 aliphatic carbocycles. The van der Waals surface area contributed by atoms with Gasteiger partial charge in [0, 0.05) is 11.3 Å². The summed E-state index contributed by atoms with van der Waals surface area (Å²) in [6, 6.07) is 22.4. The van der Waals surface area contributed by atoms with Crippen molar-refractivity contribution in [2.75, 3.05) is 11.0 Å². The number of benzene rings is 3. The van der Waals surface area contributed by atoms with Crippen LogP contribution in [0.5, 0.6) is 0 Å². The van der Waals surface area contributed by atoms with E-state index in [0.717, 1.165) is 30.2 Å². The molecule has 0 saturated heterocycles. The normalized spacial score (nSPS) is 13.0. The molecule has 3 nitrogen and oxygen atoms in total. The van der Waals surface area contributed by atoms with Crippen molar-refractivity contribution in [2.24, 2.45) is 0 Å². The minimum Gasteiger partial charge on any atom is -0.284 e. The summed E-state index contributed by atoms with van der Waals surface area (Å²) in [4.78, 5) is 0. The molecule has 4 heteroatoms. The number of nitrogens with one attached hydrogen (secondary N) is 1. The van der Waals surface area contributed by atoms with Crippen LogP contribution in [0, 0.1) is 6.92 Å². The number of hydrogen-bond donors (Lipinski definition) is 1. The van der Waals surface area contributed by atoms with E-state index in [2.05, 4.69) is 59.8 Å². The molecule has 3 aromatic carbocycles. The number of aryl methyl sites for hydroxylation is 3. The van der Waals surface area contributed by atoms with Gasteiger partial charge in [-0.05, 0) is 65.8 Å². The Morgan fingerprint density at radius 3 is 2.45 bits per heavy atom. The number of anilines is 1. The second-order valence-electron chi connectivity index (χ2n) is 7.48. The van der Waals surface area contributed by atoms with Crippen LogP contribution in [-0.4, -0.2) is 14.7 Å². The van der Waals surface area contributed by atoms with E-state index in [1.54, 1.807) is 6.07 Å². The third-order valence-corrected chi connectivity index (χ3v) is 5.66. The molecule has 0 aliphatic heterocycles. The van der Waals surface area contributed by atoms with Gasteiger partial charge in [0.05, 0.1) is 6.26 Å². The molecule has 3 aromatic rings. The van der Waals surface area contributed by atoms with Crippen LogP contribution in [0.25, 0.3) is 11.6 Å². The molecule has 0 radical (unpaired) electrons. The van der Waals surface area contributed by atoms with Gasteiger partial charge in [-0.1, -0.05) is 60.2 Å². The van der Waals surface area contributed by atoms with Gasteiger partial charge < -0.3 is 0 Å². The summed E-state index contributed by atoms with van der Waals surface area (Å²) >= 11 is 0. The molecule has 0 atom stereocenters. The van der Waals surface area contributed by atoms with E-state index in [1.165, 1.54) is 27.8 Å². The second kappa shape index (κ2) is 7.75. The van der Waals surface area contributed by atoms with Gasteiger partial charge >= 0.3 is 0 Å². The highest BCUT2D eigenvalue weighted by Gasteiger charge is 2.17. The lowest BCUT2D eigenvalue weighted by Gasteiger charge is -2.10. The minimum absolute atomic E-state index is 0.547. The minimum atomic E-state index is -3.31. The molecule has 0 aromatic heterocycles. The predicted octanol–water partition coefficient (Wildman–Crippen LogP) is 5.21. The van der Waals surface area contributed by atoms with E-state index in [0.29, 0.717) is 5.69 Å². The SMILES string of the molecule is Cc1ccc2c(c1)C(=C=Cc1cccc(NS(C)(=O)=O)c1)c1ccccc1CC2. The van der Waals surface area contributed by atoms with Crippen molar-refractivity contribution in [1.82, 2.24) is 0 Å². The number of hydrogen-bond acceptors (Lipinski definition) is 2. The van der Waals surface area contributed by atoms with E-state index in [-0.39, 0.29) is 0 Å². The van der Waals surface area contributed by atoms with Crippen LogP contribution in [0.4, 0.5) is 5.69 Å². The Balaban J connectivity index is 1.87. The van der Waals surface area contributed by atoms with E-state index < -0.39 is 10.0 Å². The van der Waals surface area contributed by atoms with Gasteiger partial charge in [0.1, 0.15) is 0 Å². The van der Waals surface area contributed by atoms with Gasteiger partial charge in [-0.2, -0.15) is 0 Å². The second-order valence-corrected chi connectivity index (χ2v) is 9.23. The van der Waals surface area contributed by atoms with Crippen LogP contribution >= 0.6 is 0 Å². The molecule has 0 fully saturated rings. The number of fused-ring (bicyclic) bond motifs is 2. The molecule has 146 valence electrons. The van der Waals surface area contributed by atoms with Crippen molar-refractivity contribution < 1.29 is 8.42 Å². The zero-order valence-corrected chi connectivity index (χ0v) is 17.4. The quantitative estimate of drug-likeness (QED) is 0.613. The van der Waals surface area contributed by atoms with Gasteiger partial charge in [0.25, 0.3) is 0 Å². The Bertz CT molecular complexity index is 1250. The van der Waals surface area contributed by atoms with E-state index in [1.807, 2.05) is 24.3 Å². The average Bonchev–Trinajstić information content (AvgIpc) is 2.82. The summed E-state index contributed by atoms with van der Waals surface area (Å²) in [6.45, 7) is 2.11. The summed E-state index contributed by atoms with van der Waals surface area (Å²) in [7, 11) is -3.31. The highest BCUT2D eigenvalue weighted by molar-refractivity contribution is 7.92. The maximum atomic E-state index is 11.5. The Morgan fingerprint density at radius 2 is 1.66 bits per heavy atom. The summed E-state index contributed by atoms with van der Waals surface area (Å²) in [6.07, 6.45) is 5.09. The van der Waals surface area contributed by atoms with Gasteiger partial charge in [-0.3, -0.25) is 4.72 Å². The molecular weight excluding hydrogens is 378 g/mol. The van der Waals surface area contributed by atoms with Crippen molar-refractivity contribution in [3.63, 3.8) is 0 Å². The van der Waals surface area contributed by atoms with Crippen molar-refractivity contribution in [1.29, 1.82) is 0 Å². The smallest absolute Gasteiger partial charge is 0.229 e. The van der Waals surface area contributed by atoms with Crippen LogP contribution < -0.4 is 4.72 Å². The van der Waals surface area contributed by atoms with Crippen molar-refractivity contribution in [2.45, 2.75) is 19.8 Å². The third kappa shape index (κ3) is 4.51. The standard InChI is InChI=1S/C25H23NO2S/c1-18-10-12-21-14-13-20-7-3-4-9-23(20)24(25(21)16-18)15-11-19-6-5-8-22(17-19)26-29(2,27)28/h3-12,16-17,26H,13-14H2,1-2H3. The Labute approximate surface area is 172 Å². The lowest BCUT2D eigenvalue weighted by atomic mass is 9.93. The largest absolute Gasteiger partial charge is 0.284 e. The lowest BCUT2D eigenvalue weighted by molar-refractivity contribution is 0.607. The molecule has 4 rings (SSSR count). The van der Waals surface area contributed by atoms with Crippen LogP contribution in [0.15, 0.2) is 72.5 Å². The maximum absolute atomic E-state index is 11.5. The maximum Gasteiger partial charge on any atom is 0.229 e. The summed E-state index contributed by atoms with van der Waals surface area (Å²) in [5, 5.41) is 0. The fourth-order valence-corrected chi connectivity index (χ4v) is 4.31. The van der Waals surface area contributed by atoms with Gasteiger partial charge in [-0.25, -0.2) is 8.42 Å². The fourth-order valence-electron chi connectivity index (χ4n) is 3.75. The molecule has 29 heavy (non-hydrogen) atoms. The summed E-state index contributed by atoms with van der Waals surface area (Å²) in [5.74, 6) is 0. The van der Waals surface area contributed by atoms with Crippen LogP contribution in [0.1, 0.15) is 33.4 Å². The number of sulfonamides is 1. The molecule has 0 unspecified atom stereocenters. The van der Waals surface area contributed by atoms with Crippen molar-refractivity contribution in [3.8, 4) is 0 Å². The Morgan fingerprint density at radius 1 is 0.897 bits per heavy atom. The first-order chi connectivity index (χ1) is 13.9. The van der Waals surface area contributed by atoms with Crippen molar-refractivity contribution >= 4 is 27.4 Å². The van der Waals surface area contributed by atoms with Gasteiger partial charge in [0.2, 0.25) is 10.0 Å². The summed E-state index contributed by atoms with van der Waals surface area (Å²) in [5.41, 5.74) is 12.3. The molecule has 0 amide bonds. The Hall–Kier alpha value is -3.07. The lowest BCUT2D eigenvalue weighted by Crippen LogP contribution is -2.09. The van der Waals surface area contributed by atoms with Gasteiger partial charge in [0.15, 0.2) is 0 Å². The van der Waals surface area contributed by atoms with E-state index >= 15 is 0 Å². The van der Waals surface area contributed by atoms with E-state index in [9.17, 15) is 8.42 Å². The molecule has 0 spiro atoms. The molecule has 0 heterocycles. The van der Waals surface area contributed by atoms with Crippen LogP contribution in [0.2, 0.25) is 0 Å². The fraction of sp³-hybridized carbons (Fsp3) is 0.160. The topological polar surface area (TPSA) is 46.2 Å². The predicted molar refractivity (Wildman–Crippen MR) is 120 cm³/mol. The first kappa shape index (κ1) is 19.3. The average molecular weight is 402 g/mol. The zero-order chi connectivity index (χ0) is 20.4. The van der Waals surface area contributed by atoms with Crippen molar-refractivity contribution in [3.05, 3.63) is 106 Å². The van der Waals surface area contributed by atoms with Gasteiger partial charge in [-0.15, -0.1) is 5.73 Å². The van der Waals surface area contributed by atoms with E-state index in [4.69, 9.17) is 0 Å². The monoisotopic (exact) mass is 401 g/mol. The first-order valence-electron chi connectivity index (χ1n) is 9.62. The molecule has 1 N–H and O–H groups in total. The molecular formula is C25H23NO2S. The third-order valence-electron chi connectivity index (χ3n) is 5.06. The molecule has 0 bridgehead atoms. The highest BCUT2D eigenvalue weighted by Crippen LogP contribution is 2.33. The molecule has 1 aliphatic rings. The highest BCUT2D eigenvalue weighted by atomic mass is 32.2. The summed E-state index contributed by atoms with van der Waals surface area (Å²) < 4.78 is 25.6. The molecule has 0 saturated carbocycles. The number of rotatable bonds is 3. The van der Waals surface area contributed by atoms with Crippen LogP contribution in [-0.2, 0) is 22.9 Å². The zero-order valence-electron chi connectivity index (χ0n) is 16.6. The van der Waals surface area contributed by atoms with Crippen LogP contribution in [0.3, 0.4) is 0 Å².